The molecule has 0 aliphatic carbocycles. The number of hydrogen-bond acceptors (Lipinski definition) is 6. The van der Waals surface area contributed by atoms with Crippen LogP contribution in [0.25, 0.3) is 0 Å². The molecule has 26 heavy (non-hydrogen) atoms. The van der Waals surface area contributed by atoms with Crippen LogP contribution in [0.3, 0.4) is 0 Å². The number of carbonyl (C=O) groups is 3. The maximum absolute atomic E-state index is 12.2. The standard InChI is InChI=1S/C19H17NO6/c1-11(21)13-4-3-5-15(8-13)20-18(22)12(2)26-19(23)14-6-7-16-17(9-14)25-10-24-16/h3-9,12H,10H2,1-2H3,(H,20,22)/t12-/m1/s1. The van der Waals surface area contributed by atoms with Gasteiger partial charge < -0.3 is 19.5 Å². The number of amides is 1. The number of hydrogen-bond donors (Lipinski definition) is 1. The van der Waals surface area contributed by atoms with Gasteiger partial charge in [-0.15, -0.1) is 0 Å². The molecular weight excluding hydrogens is 338 g/mol. The second-order valence-corrected chi connectivity index (χ2v) is 5.74. The van der Waals surface area contributed by atoms with Crippen LogP contribution in [0.1, 0.15) is 34.6 Å². The van der Waals surface area contributed by atoms with E-state index in [9.17, 15) is 14.4 Å². The van der Waals surface area contributed by atoms with Crippen LogP contribution in [-0.2, 0) is 9.53 Å². The number of fused-ring (bicyclic) bond motifs is 1. The zero-order valence-corrected chi connectivity index (χ0v) is 14.3. The van der Waals surface area contributed by atoms with E-state index in [-0.39, 0.29) is 18.1 Å². The topological polar surface area (TPSA) is 90.9 Å². The molecule has 0 spiro atoms. The van der Waals surface area contributed by atoms with Crippen molar-refractivity contribution in [1.82, 2.24) is 0 Å². The van der Waals surface area contributed by atoms with Crippen LogP contribution in [0, 0.1) is 0 Å². The quantitative estimate of drug-likeness (QED) is 0.655. The van der Waals surface area contributed by atoms with Crippen molar-refractivity contribution >= 4 is 23.3 Å². The van der Waals surface area contributed by atoms with Gasteiger partial charge >= 0.3 is 5.97 Å². The van der Waals surface area contributed by atoms with Crippen molar-refractivity contribution in [1.29, 1.82) is 0 Å². The van der Waals surface area contributed by atoms with E-state index in [1.807, 2.05) is 0 Å². The smallest absolute Gasteiger partial charge is 0.339 e. The van der Waals surface area contributed by atoms with Crippen molar-refractivity contribution < 1.29 is 28.6 Å². The predicted octanol–water partition coefficient (Wildman–Crippen LogP) is 2.80. The first-order valence-electron chi connectivity index (χ1n) is 7.96. The summed E-state index contributed by atoms with van der Waals surface area (Å²) in [6, 6.07) is 11.2. The molecule has 7 nitrogen and oxygen atoms in total. The highest BCUT2D eigenvalue weighted by molar-refractivity contribution is 5.99. The Morgan fingerprint density at radius 3 is 2.58 bits per heavy atom. The summed E-state index contributed by atoms with van der Waals surface area (Å²) in [7, 11) is 0. The van der Waals surface area contributed by atoms with Crippen LogP contribution in [0.4, 0.5) is 5.69 Å². The number of esters is 1. The Kier molecular flexibility index (Phi) is 4.88. The van der Waals surface area contributed by atoms with Crippen molar-refractivity contribution in [2.45, 2.75) is 20.0 Å². The van der Waals surface area contributed by atoms with Gasteiger partial charge in [-0.25, -0.2) is 4.79 Å². The minimum atomic E-state index is -1.02. The molecule has 3 rings (SSSR count). The molecule has 2 aromatic rings. The highest BCUT2D eigenvalue weighted by Gasteiger charge is 2.22. The fourth-order valence-electron chi connectivity index (χ4n) is 2.37. The molecule has 1 aliphatic rings. The maximum Gasteiger partial charge on any atom is 0.339 e. The second kappa shape index (κ2) is 7.26. The molecule has 0 saturated carbocycles. The van der Waals surface area contributed by atoms with Gasteiger partial charge in [-0.05, 0) is 44.2 Å². The average Bonchev–Trinajstić information content (AvgIpc) is 3.09. The summed E-state index contributed by atoms with van der Waals surface area (Å²) in [5, 5.41) is 2.62. The molecule has 1 amide bonds. The zero-order valence-electron chi connectivity index (χ0n) is 14.3. The van der Waals surface area contributed by atoms with E-state index in [0.717, 1.165) is 0 Å². The van der Waals surface area contributed by atoms with E-state index >= 15 is 0 Å². The first kappa shape index (κ1) is 17.5. The van der Waals surface area contributed by atoms with Gasteiger partial charge in [0, 0.05) is 11.3 Å². The lowest BCUT2D eigenvalue weighted by molar-refractivity contribution is -0.123. The third-order valence-corrected chi connectivity index (χ3v) is 3.80. The third kappa shape index (κ3) is 3.83. The molecule has 0 fully saturated rings. The molecule has 0 radical (unpaired) electrons. The first-order chi connectivity index (χ1) is 12.4. The van der Waals surface area contributed by atoms with E-state index in [1.54, 1.807) is 30.3 Å². The minimum absolute atomic E-state index is 0.103. The average molecular weight is 355 g/mol. The van der Waals surface area contributed by atoms with E-state index in [4.69, 9.17) is 14.2 Å². The molecule has 134 valence electrons. The Morgan fingerprint density at radius 1 is 1.04 bits per heavy atom. The normalized spacial score (nSPS) is 13.0. The highest BCUT2D eigenvalue weighted by Crippen LogP contribution is 2.32. The van der Waals surface area contributed by atoms with Crippen LogP contribution < -0.4 is 14.8 Å². The van der Waals surface area contributed by atoms with Crippen molar-refractivity contribution in [3.8, 4) is 11.5 Å². The SMILES string of the molecule is CC(=O)c1cccc(NC(=O)[C@@H](C)OC(=O)c2ccc3c(c2)OCO3)c1. The van der Waals surface area contributed by atoms with Gasteiger partial charge in [0.1, 0.15) is 0 Å². The van der Waals surface area contributed by atoms with Crippen molar-refractivity contribution in [2.24, 2.45) is 0 Å². The monoisotopic (exact) mass is 355 g/mol. The van der Waals surface area contributed by atoms with Crippen LogP contribution in [-0.4, -0.2) is 30.6 Å². The molecule has 1 heterocycles. The van der Waals surface area contributed by atoms with Gasteiger partial charge in [0.2, 0.25) is 6.79 Å². The van der Waals surface area contributed by atoms with Crippen LogP contribution in [0.5, 0.6) is 11.5 Å². The Balaban J connectivity index is 1.63. The van der Waals surface area contributed by atoms with Gasteiger partial charge in [0.15, 0.2) is 23.4 Å². The lowest BCUT2D eigenvalue weighted by Crippen LogP contribution is -2.30. The van der Waals surface area contributed by atoms with Gasteiger partial charge in [0.05, 0.1) is 5.56 Å². The maximum atomic E-state index is 12.2. The number of Topliss-reactive ketones (excluding diaryl/α,β-unsaturated/α-hetero) is 1. The summed E-state index contributed by atoms with van der Waals surface area (Å²) < 4.78 is 15.6. The Bertz CT molecular complexity index is 876. The summed E-state index contributed by atoms with van der Waals surface area (Å²) in [6.45, 7) is 3.01. The summed E-state index contributed by atoms with van der Waals surface area (Å²) in [4.78, 5) is 35.8. The Labute approximate surface area is 149 Å². The Hall–Kier alpha value is -3.35. The molecule has 1 aliphatic heterocycles. The van der Waals surface area contributed by atoms with Crippen molar-refractivity contribution in [3.05, 3.63) is 53.6 Å². The largest absolute Gasteiger partial charge is 0.454 e. The minimum Gasteiger partial charge on any atom is -0.454 e. The fraction of sp³-hybridized carbons (Fsp3) is 0.211. The first-order valence-corrected chi connectivity index (χ1v) is 7.96. The molecule has 0 bridgehead atoms. The summed E-state index contributed by atoms with van der Waals surface area (Å²) in [5.74, 6) is -0.248. The van der Waals surface area contributed by atoms with Crippen LogP contribution in [0.15, 0.2) is 42.5 Å². The number of ether oxygens (including phenoxy) is 3. The van der Waals surface area contributed by atoms with Gasteiger partial charge in [0.25, 0.3) is 5.91 Å². The van der Waals surface area contributed by atoms with Crippen LogP contribution >= 0.6 is 0 Å². The highest BCUT2D eigenvalue weighted by atomic mass is 16.7. The summed E-state index contributed by atoms with van der Waals surface area (Å²) in [5.41, 5.74) is 1.19. The molecule has 0 saturated heterocycles. The second-order valence-electron chi connectivity index (χ2n) is 5.74. The number of carbonyl (C=O) groups excluding carboxylic acids is 3. The van der Waals surface area contributed by atoms with E-state index < -0.39 is 18.0 Å². The predicted molar refractivity (Wildman–Crippen MR) is 92.5 cm³/mol. The Morgan fingerprint density at radius 2 is 1.81 bits per heavy atom. The van der Waals surface area contributed by atoms with E-state index in [2.05, 4.69) is 5.32 Å². The van der Waals surface area contributed by atoms with E-state index in [0.29, 0.717) is 22.7 Å². The van der Waals surface area contributed by atoms with Crippen molar-refractivity contribution in [3.63, 3.8) is 0 Å². The van der Waals surface area contributed by atoms with Gasteiger partial charge in [-0.3, -0.25) is 9.59 Å². The molecule has 1 atom stereocenters. The lowest BCUT2D eigenvalue weighted by Gasteiger charge is -2.14. The molecule has 1 N–H and O–H groups in total. The number of anilines is 1. The zero-order chi connectivity index (χ0) is 18.7. The van der Waals surface area contributed by atoms with E-state index in [1.165, 1.54) is 26.0 Å². The molecule has 2 aromatic carbocycles. The summed E-state index contributed by atoms with van der Waals surface area (Å²) in [6.07, 6.45) is -1.02. The fourth-order valence-corrected chi connectivity index (χ4v) is 2.37. The molecular formula is C19H17NO6. The van der Waals surface area contributed by atoms with Crippen molar-refractivity contribution in [2.75, 3.05) is 12.1 Å². The molecule has 0 aromatic heterocycles. The molecule has 7 heteroatoms. The van der Waals surface area contributed by atoms with Crippen LogP contribution in [0.2, 0.25) is 0 Å². The number of ketones is 1. The number of rotatable bonds is 5. The molecule has 0 unspecified atom stereocenters. The van der Waals surface area contributed by atoms with Gasteiger partial charge in [-0.2, -0.15) is 0 Å². The van der Waals surface area contributed by atoms with Gasteiger partial charge in [-0.1, -0.05) is 12.1 Å². The lowest BCUT2D eigenvalue weighted by atomic mass is 10.1. The number of benzene rings is 2. The summed E-state index contributed by atoms with van der Waals surface area (Å²) >= 11 is 0. The third-order valence-electron chi connectivity index (χ3n) is 3.80. The number of nitrogens with one attached hydrogen (secondary N) is 1.